The van der Waals surface area contributed by atoms with E-state index in [1.807, 2.05) is 0 Å². The van der Waals surface area contributed by atoms with Crippen LogP contribution in [0.25, 0.3) is 11.0 Å². The fourth-order valence-corrected chi connectivity index (χ4v) is 2.15. The summed E-state index contributed by atoms with van der Waals surface area (Å²) in [7, 11) is 0. The molecule has 2 N–H and O–H groups in total. The van der Waals surface area contributed by atoms with Crippen molar-refractivity contribution in [2.24, 2.45) is 0 Å². The van der Waals surface area contributed by atoms with Gasteiger partial charge in [-0.3, -0.25) is 0 Å². The molecule has 0 unspecified atom stereocenters. The number of halogens is 2. The molecule has 1 saturated carbocycles. The summed E-state index contributed by atoms with van der Waals surface area (Å²) in [6.07, 6.45) is 5.07. The summed E-state index contributed by atoms with van der Waals surface area (Å²) in [5, 5.41) is 5.95. The van der Waals surface area contributed by atoms with Crippen molar-refractivity contribution in [1.82, 2.24) is 19.9 Å². The molecule has 4 rings (SSSR count). The lowest BCUT2D eigenvalue weighted by atomic mass is 10.3. The third-order valence-corrected chi connectivity index (χ3v) is 3.47. The van der Waals surface area contributed by atoms with Gasteiger partial charge in [0.15, 0.2) is 5.82 Å². The molecular formula is C15H12F2N6. The van der Waals surface area contributed by atoms with Crippen molar-refractivity contribution in [3.05, 3.63) is 42.4 Å². The van der Waals surface area contributed by atoms with E-state index in [4.69, 9.17) is 0 Å². The Hall–Kier alpha value is -2.90. The molecule has 0 aliphatic heterocycles. The third kappa shape index (κ3) is 2.87. The van der Waals surface area contributed by atoms with Crippen molar-refractivity contribution in [3.63, 3.8) is 0 Å². The Labute approximate surface area is 130 Å². The van der Waals surface area contributed by atoms with Gasteiger partial charge in [0.05, 0.1) is 11.9 Å². The predicted octanol–water partition coefficient (Wildman–Crippen LogP) is 3.02. The topological polar surface area (TPSA) is 75.6 Å². The maximum absolute atomic E-state index is 13.8. The van der Waals surface area contributed by atoms with Crippen molar-refractivity contribution < 1.29 is 8.78 Å². The zero-order chi connectivity index (χ0) is 15.8. The Morgan fingerprint density at radius 1 is 1.09 bits per heavy atom. The van der Waals surface area contributed by atoms with E-state index < -0.39 is 11.6 Å². The van der Waals surface area contributed by atoms with E-state index >= 15 is 0 Å². The molecule has 2 heterocycles. The van der Waals surface area contributed by atoms with Gasteiger partial charge in [0.25, 0.3) is 0 Å². The Balaban J connectivity index is 1.74. The summed E-state index contributed by atoms with van der Waals surface area (Å²) in [5.41, 5.74) is 0.940. The summed E-state index contributed by atoms with van der Waals surface area (Å²) in [4.78, 5) is 16.7. The molecule has 1 fully saturated rings. The van der Waals surface area contributed by atoms with Crippen LogP contribution in [0.15, 0.2) is 30.7 Å². The number of aromatic nitrogens is 4. The molecule has 0 bridgehead atoms. The van der Waals surface area contributed by atoms with Crippen LogP contribution in [0, 0.1) is 11.6 Å². The van der Waals surface area contributed by atoms with Gasteiger partial charge >= 0.3 is 0 Å². The second kappa shape index (κ2) is 5.38. The molecule has 1 aliphatic carbocycles. The first-order valence-corrected chi connectivity index (χ1v) is 7.15. The number of hydrogen-bond donors (Lipinski definition) is 2. The molecule has 0 radical (unpaired) electrons. The molecule has 3 aromatic rings. The van der Waals surface area contributed by atoms with Crippen LogP contribution in [0.3, 0.4) is 0 Å². The lowest BCUT2D eigenvalue weighted by Crippen LogP contribution is -2.07. The lowest BCUT2D eigenvalue weighted by molar-refractivity contribution is 0.603. The quantitative estimate of drug-likeness (QED) is 0.771. The van der Waals surface area contributed by atoms with Crippen LogP contribution < -0.4 is 10.6 Å². The zero-order valence-corrected chi connectivity index (χ0v) is 11.9. The lowest BCUT2D eigenvalue weighted by Gasteiger charge is -2.09. The average Bonchev–Trinajstić information content (AvgIpc) is 3.35. The van der Waals surface area contributed by atoms with Gasteiger partial charge in [-0.15, -0.1) is 0 Å². The molecule has 0 atom stereocenters. The van der Waals surface area contributed by atoms with Crippen LogP contribution >= 0.6 is 0 Å². The standard InChI is InChI=1S/C15H12F2N6/c16-8-1-4-10(17)11(5-8)22-14-13-12(19-7-20-14)6-18-15(23-13)21-9-2-3-9/h1,4-7,9H,2-3H2,(H,18,21,23)(H,19,20,22). The Morgan fingerprint density at radius 2 is 1.96 bits per heavy atom. The number of hydrogen-bond acceptors (Lipinski definition) is 6. The van der Waals surface area contributed by atoms with Crippen molar-refractivity contribution in [1.29, 1.82) is 0 Å². The monoisotopic (exact) mass is 314 g/mol. The fraction of sp³-hybridized carbons (Fsp3) is 0.200. The van der Waals surface area contributed by atoms with Gasteiger partial charge in [0.2, 0.25) is 5.95 Å². The highest BCUT2D eigenvalue weighted by atomic mass is 19.1. The highest BCUT2D eigenvalue weighted by Gasteiger charge is 2.22. The molecule has 0 amide bonds. The minimum Gasteiger partial charge on any atom is -0.351 e. The van der Waals surface area contributed by atoms with Crippen molar-refractivity contribution in [3.8, 4) is 0 Å². The van der Waals surface area contributed by atoms with Crippen LogP contribution in [-0.2, 0) is 0 Å². The van der Waals surface area contributed by atoms with E-state index in [1.54, 1.807) is 6.20 Å². The fourth-order valence-electron chi connectivity index (χ4n) is 2.15. The Kier molecular flexibility index (Phi) is 3.22. The SMILES string of the molecule is Fc1ccc(F)c(Nc2ncnc3cnc(NC4CC4)nc23)c1. The second-order valence-electron chi connectivity index (χ2n) is 5.32. The number of rotatable bonds is 4. The van der Waals surface area contributed by atoms with E-state index in [9.17, 15) is 8.78 Å². The van der Waals surface area contributed by atoms with Gasteiger partial charge in [0.1, 0.15) is 29.0 Å². The van der Waals surface area contributed by atoms with Gasteiger partial charge < -0.3 is 10.6 Å². The molecule has 116 valence electrons. The van der Waals surface area contributed by atoms with Crippen molar-refractivity contribution >= 4 is 28.5 Å². The minimum absolute atomic E-state index is 0.0136. The van der Waals surface area contributed by atoms with Gasteiger partial charge in [-0.05, 0) is 25.0 Å². The largest absolute Gasteiger partial charge is 0.351 e. The number of benzene rings is 1. The normalized spacial score (nSPS) is 14.0. The maximum Gasteiger partial charge on any atom is 0.223 e. The van der Waals surface area contributed by atoms with Crippen LogP contribution in [0.2, 0.25) is 0 Å². The van der Waals surface area contributed by atoms with Gasteiger partial charge in [-0.25, -0.2) is 28.7 Å². The third-order valence-electron chi connectivity index (χ3n) is 3.47. The summed E-state index contributed by atoms with van der Waals surface area (Å²) < 4.78 is 27.1. The van der Waals surface area contributed by atoms with Crippen molar-refractivity contribution in [2.45, 2.75) is 18.9 Å². The van der Waals surface area contributed by atoms with Crippen LogP contribution in [0.5, 0.6) is 0 Å². The first-order chi connectivity index (χ1) is 11.2. The van der Waals surface area contributed by atoms with Crippen LogP contribution in [-0.4, -0.2) is 26.0 Å². The van der Waals surface area contributed by atoms with Gasteiger partial charge in [0, 0.05) is 12.1 Å². The Bertz CT molecular complexity index is 881. The predicted molar refractivity (Wildman–Crippen MR) is 81.4 cm³/mol. The van der Waals surface area contributed by atoms with Gasteiger partial charge in [-0.2, -0.15) is 0 Å². The van der Waals surface area contributed by atoms with E-state index in [0.29, 0.717) is 28.8 Å². The molecule has 2 aromatic heterocycles. The molecule has 1 aromatic carbocycles. The highest BCUT2D eigenvalue weighted by molar-refractivity contribution is 5.87. The molecular weight excluding hydrogens is 302 g/mol. The molecule has 0 saturated heterocycles. The zero-order valence-electron chi connectivity index (χ0n) is 11.9. The molecule has 1 aliphatic rings. The minimum atomic E-state index is -0.580. The summed E-state index contributed by atoms with van der Waals surface area (Å²) in [6, 6.07) is 3.57. The first kappa shape index (κ1) is 13.7. The summed E-state index contributed by atoms with van der Waals surface area (Å²) in [6.45, 7) is 0. The van der Waals surface area contributed by atoms with E-state index in [2.05, 4.69) is 30.6 Å². The smallest absolute Gasteiger partial charge is 0.223 e. The molecule has 8 heteroatoms. The number of nitrogens with zero attached hydrogens (tertiary/aromatic N) is 4. The number of anilines is 3. The van der Waals surface area contributed by atoms with Crippen molar-refractivity contribution in [2.75, 3.05) is 10.6 Å². The van der Waals surface area contributed by atoms with E-state index in [0.717, 1.165) is 31.0 Å². The molecule has 23 heavy (non-hydrogen) atoms. The maximum atomic E-state index is 13.8. The van der Waals surface area contributed by atoms with E-state index in [-0.39, 0.29) is 5.69 Å². The molecule has 6 nitrogen and oxygen atoms in total. The van der Waals surface area contributed by atoms with Crippen LogP contribution in [0.1, 0.15) is 12.8 Å². The number of nitrogens with one attached hydrogen (secondary N) is 2. The van der Waals surface area contributed by atoms with Gasteiger partial charge in [-0.1, -0.05) is 0 Å². The van der Waals surface area contributed by atoms with E-state index in [1.165, 1.54) is 6.33 Å². The average molecular weight is 314 g/mol. The van der Waals surface area contributed by atoms with Crippen LogP contribution in [0.4, 0.5) is 26.2 Å². The second-order valence-corrected chi connectivity index (χ2v) is 5.32. The number of fused-ring (bicyclic) bond motifs is 1. The summed E-state index contributed by atoms with van der Waals surface area (Å²) in [5.74, 6) is -0.361. The molecule has 0 spiro atoms. The summed E-state index contributed by atoms with van der Waals surface area (Å²) >= 11 is 0. The highest BCUT2D eigenvalue weighted by Crippen LogP contribution is 2.26. The first-order valence-electron chi connectivity index (χ1n) is 7.15. The Morgan fingerprint density at radius 3 is 2.78 bits per heavy atom.